The lowest BCUT2D eigenvalue weighted by Crippen LogP contribution is -2.20. The lowest BCUT2D eigenvalue weighted by atomic mass is 10.0. The summed E-state index contributed by atoms with van der Waals surface area (Å²) < 4.78 is 5.30. The summed E-state index contributed by atoms with van der Waals surface area (Å²) in [4.78, 5) is 21.9. The van der Waals surface area contributed by atoms with Crippen molar-refractivity contribution in [1.82, 2.24) is 0 Å². The smallest absolute Gasteiger partial charge is 0.269 e. The number of hydrogen-bond donors (Lipinski definition) is 1. The van der Waals surface area contributed by atoms with Crippen LogP contribution >= 0.6 is 0 Å². The molecule has 0 atom stereocenters. The van der Waals surface area contributed by atoms with E-state index in [9.17, 15) is 14.9 Å². The van der Waals surface area contributed by atoms with Crippen LogP contribution in [0.2, 0.25) is 0 Å². The molecule has 0 aromatic heterocycles. The van der Waals surface area contributed by atoms with Crippen LogP contribution in [0.5, 0.6) is 5.75 Å². The van der Waals surface area contributed by atoms with Crippen LogP contribution in [0.4, 0.5) is 11.4 Å². The fourth-order valence-corrected chi connectivity index (χ4v) is 1.96. The predicted octanol–water partition coefficient (Wildman–Crippen LogP) is 3.74. The fourth-order valence-electron chi connectivity index (χ4n) is 1.96. The molecule has 0 saturated carbocycles. The third-order valence-electron chi connectivity index (χ3n) is 3.28. The Morgan fingerprint density at radius 2 is 1.74 bits per heavy atom. The highest BCUT2D eigenvalue weighted by molar-refractivity contribution is 5.91. The van der Waals surface area contributed by atoms with Gasteiger partial charge in [0.2, 0.25) is 0 Å². The average molecular weight is 314 g/mol. The van der Waals surface area contributed by atoms with Gasteiger partial charge >= 0.3 is 0 Å². The molecule has 120 valence electrons. The summed E-state index contributed by atoms with van der Waals surface area (Å²) in [6, 6.07) is 13.2. The number of amides is 1. The topological polar surface area (TPSA) is 81.5 Å². The standard InChI is InChI=1S/C17H18N2O4/c1-12(2)13-3-5-14(6-4-13)18-17(20)11-23-16-9-7-15(8-10-16)19(21)22/h3-10,12H,11H2,1-2H3,(H,18,20). The first kappa shape index (κ1) is 16.5. The minimum atomic E-state index is -0.489. The quantitative estimate of drug-likeness (QED) is 0.650. The van der Waals surface area contributed by atoms with Crippen LogP contribution < -0.4 is 10.1 Å². The first-order valence-corrected chi connectivity index (χ1v) is 7.23. The van der Waals surface area contributed by atoms with E-state index in [4.69, 9.17) is 4.74 Å². The van der Waals surface area contributed by atoms with Gasteiger partial charge < -0.3 is 10.1 Å². The zero-order chi connectivity index (χ0) is 16.8. The number of benzene rings is 2. The molecule has 0 radical (unpaired) electrons. The Morgan fingerprint density at radius 1 is 1.13 bits per heavy atom. The number of nitro groups is 1. The van der Waals surface area contributed by atoms with Crippen LogP contribution in [0.3, 0.4) is 0 Å². The number of hydrogen-bond acceptors (Lipinski definition) is 4. The van der Waals surface area contributed by atoms with Crippen LogP contribution in [0.25, 0.3) is 0 Å². The predicted molar refractivity (Wildman–Crippen MR) is 87.8 cm³/mol. The maximum Gasteiger partial charge on any atom is 0.269 e. The van der Waals surface area contributed by atoms with Crippen LogP contribution in [0.15, 0.2) is 48.5 Å². The maximum atomic E-state index is 11.8. The first-order valence-electron chi connectivity index (χ1n) is 7.23. The van der Waals surface area contributed by atoms with Gasteiger partial charge in [-0.3, -0.25) is 14.9 Å². The van der Waals surface area contributed by atoms with Crippen molar-refractivity contribution in [3.63, 3.8) is 0 Å². The van der Waals surface area contributed by atoms with E-state index >= 15 is 0 Å². The number of ether oxygens (including phenoxy) is 1. The van der Waals surface area contributed by atoms with Gasteiger partial charge in [0.1, 0.15) is 5.75 Å². The second-order valence-corrected chi connectivity index (χ2v) is 5.36. The Labute approximate surface area is 134 Å². The van der Waals surface area contributed by atoms with Gasteiger partial charge in [-0.1, -0.05) is 26.0 Å². The van der Waals surface area contributed by atoms with Crippen molar-refractivity contribution in [2.45, 2.75) is 19.8 Å². The highest BCUT2D eigenvalue weighted by atomic mass is 16.6. The molecule has 1 N–H and O–H groups in total. The van der Waals surface area contributed by atoms with Crippen molar-refractivity contribution in [3.05, 3.63) is 64.2 Å². The van der Waals surface area contributed by atoms with Gasteiger partial charge in [0, 0.05) is 17.8 Å². The SMILES string of the molecule is CC(C)c1ccc(NC(=O)COc2ccc([N+](=O)[O-])cc2)cc1. The number of anilines is 1. The molecule has 2 rings (SSSR count). The summed E-state index contributed by atoms with van der Waals surface area (Å²) in [7, 11) is 0. The normalized spacial score (nSPS) is 10.4. The Balaban J connectivity index is 1.86. The van der Waals surface area contributed by atoms with E-state index in [1.54, 1.807) is 0 Å². The first-order chi connectivity index (χ1) is 11.0. The van der Waals surface area contributed by atoms with Gasteiger partial charge in [-0.05, 0) is 35.7 Å². The van der Waals surface area contributed by atoms with Crippen molar-refractivity contribution in [3.8, 4) is 5.75 Å². The molecule has 0 bridgehead atoms. The third kappa shape index (κ3) is 4.81. The Kier molecular flexibility index (Phi) is 5.30. The fraction of sp³-hybridized carbons (Fsp3) is 0.235. The summed E-state index contributed by atoms with van der Waals surface area (Å²) >= 11 is 0. The van der Waals surface area contributed by atoms with Crippen molar-refractivity contribution >= 4 is 17.3 Å². The Bertz CT molecular complexity index is 679. The lowest BCUT2D eigenvalue weighted by Gasteiger charge is -2.09. The number of non-ortho nitro benzene ring substituents is 1. The van der Waals surface area contributed by atoms with E-state index in [1.807, 2.05) is 24.3 Å². The summed E-state index contributed by atoms with van der Waals surface area (Å²) in [5, 5.41) is 13.3. The third-order valence-corrected chi connectivity index (χ3v) is 3.28. The number of nitrogens with zero attached hydrogens (tertiary/aromatic N) is 1. The van der Waals surface area contributed by atoms with E-state index in [-0.39, 0.29) is 18.2 Å². The summed E-state index contributed by atoms with van der Waals surface area (Å²) in [6.45, 7) is 4.04. The molecule has 0 unspecified atom stereocenters. The Hall–Kier alpha value is -2.89. The molecule has 2 aromatic rings. The molecule has 0 fully saturated rings. The average Bonchev–Trinajstić information content (AvgIpc) is 2.54. The summed E-state index contributed by atoms with van der Waals surface area (Å²) in [5.41, 5.74) is 1.88. The Morgan fingerprint density at radius 3 is 2.26 bits per heavy atom. The van der Waals surface area contributed by atoms with Gasteiger partial charge in [0.05, 0.1) is 4.92 Å². The molecular formula is C17H18N2O4. The number of nitro benzene ring substituents is 1. The molecule has 6 nitrogen and oxygen atoms in total. The van der Waals surface area contributed by atoms with Gasteiger partial charge in [0.15, 0.2) is 6.61 Å². The molecule has 1 amide bonds. The van der Waals surface area contributed by atoms with Crippen molar-refractivity contribution < 1.29 is 14.5 Å². The van der Waals surface area contributed by atoms with Gasteiger partial charge in [-0.15, -0.1) is 0 Å². The van der Waals surface area contributed by atoms with E-state index in [2.05, 4.69) is 19.2 Å². The lowest BCUT2D eigenvalue weighted by molar-refractivity contribution is -0.384. The van der Waals surface area contributed by atoms with E-state index in [1.165, 1.54) is 29.8 Å². The van der Waals surface area contributed by atoms with Crippen molar-refractivity contribution in [2.24, 2.45) is 0 Å². The number of carbonyl (C=O) groups is 1. The second kappa shape index (κ2) is 7.40. The molecule has 0 heterocycles. The van der Waals surface area contributed by atoms with E-state index in [0.717, 1.165) is 0 Å². The molecule has 0 saturated heterocycles. The zero-order valence-corrected chi connectivity index (χ0v) is 13.0. The number of carbonyl (C=O) groups excluding carboxylic acids is 1. The van der Waals surface area contributed by atoms with E-state index in [0.29, 0.717) is 17.4 Å². The van der Waals surface area contributed by atoms with Gasteiger partial charge in [-0.25, -0.2) is 0 Å². The molecule has 2 aromatic carbocycles. The van der Waals surface area contributed by atoms with Crippen LogP contribution in [0, 0.1) is 10.1 Å². The van der Waals surface area contributed by atoms with Crippen molar-refractivity contribution in [1.29, 1.82) is 0 Å². The second-order valence-electron chi connectivity index (χ2n) is 5.36. The largest absolute Gasteiger partial charge is 0.484 e. The minimum Gasteiger partial charge on any atom is -0.484 e. The van der Waals surface area contributed by atoms with Crippen LogP contribution in [-0.2, 0) is 4.79 Å². The molecule has 6 heteroatoms. The van der Waals surface area contributed by atoms with Gasteiger partial charge in [-0.2, -0.15) is 0 Å². The number of rotatable bonds is 6. The maximum absolute atomic E-state index is 11.8. The molecule has 0 aliphatic heterocycles. The molecular weight excluding hydrogens is 296 g/mol. The zero-order valence-electron chi connectivity index (χ0n) is 13.0. The van der Waals surface area contributed by atoms with Gasteiger partial charge in [0.25, 0.3) is 11.6 Å². The molecule has 0 aliphatic rings. The van der Waals surface area contributed by atoms with Crippen LogP contribution in [0.1, 0.15) is 25.3 Å². The van der Waals surface area contributed by atoms with E-state index < -0.39 is 4.92 Å². The summed E-state index contributed by atoms with van der Waals surface area (Å²) in [6.07, 6.45) is 0. The van der Waals surface area contributed by atoms with Crippen molar-refractivity contribution in [2.75, 3.05) is 11.9 Å². The monoisotopic (exact) mass is 314 g/mol. The highest BCUT2D eigenvalue weighted by Crippen LogP contribution is 2.18. The number of nitrogens with one attached hydrogen (secondary N) is 1. The molecule has 23 heavy (non-hydrogen) atoms. The molecule has 0 aliphatic carbocycles. The van der Waals surface area contributed by atoms with Crippen LogP contribution in [-0.4, -0.2) is 17.4 Å². The highest BCUT2D eigenvalue weighted by Gasteiger charge is 2.07. The molecule has 0 spiro atoms. The minimum absolute atomic E-state index is 0.0213. The summed E-state index contributed by atoms with van der Waals surface area (Å²) in [5.74, 6) is 0.548.